The summed E-state index contributed by atoms with van der Waals surface area (Å²) in [4.78, 5) is 4.32. The van der Waals surface area contributed by atoms with Crippen molar-refractivity contribution in [2.45, 2.75) is 31.1 Å². The molecule has 1 aromatic carbocycles. The molecule has 7 nitrogen and oxygen atoms in total. The van der Waals surface area contributed by atoms with Gasteiger partial charge in [0.25, 0.3) is 10.0 Å². The van der Waals surface area contributed by atoms with Gasteiger partial charge in [-0.15, -0.1) is 0 Å². The highest BCUT2D eigenvalue weighted by Gasteiger charge is 2.20. The normalized spacial score (nSPS) is 12.2. The molecular formula is C23H23ClN4O3S. The third kappa shape index (κ3) is 4.28. The number of nitrogens with one attached hydrogen (secondary N) is 1. The lowest BCUT2D eigenvalue weighted by molar-refractivity contribution is 0.413. The van der Waals surface area contributed by atoms with E-state index in [9.17, 15) is 8.42 Å². The van der Waals surface area contributed by atoms with Crippen molar-refractivity contribution in [3.05, 3.63) is 71.5 Å². The zero-order valence-electron chi connectivity index (χ0n) is 18.1. The van der Waals surface area contributed by atoms with Crippen LogP contribution >= 0.6 is 11.6 Å². The number of nitrogens with zero attached hydrogens (tertiary/aromatic N) is 3. The molecule has 0 aliphatic rings. The molecule has 4 rings (SSSR count). The maximum atomic E-state index is 13.0. The minimum Gasteiger partial charge on any atom is -0.495 e. The smallest absolute Gasteiger partial charge is 0.263 e. The van der Waals surface area contributed by atoms with Crippen LogP contribution in [-0.4, -0.2) is 30.1 Å². The average Bonchev–Trinajstić information content (AvgIpc) is 3.22. The molecule has 166 valence electrons. The number of methoxy groups -OCH3 is 1. The molecule has 3 aromatic heterocycles. The molecule has 0 unspecified atom stereocenters. The van der Waals surface area contributed by atoms with E-state index in [4.69, 9.17) is 16.3 Å². The molecular weight excluding hydrogens is 448 g/mol. The summed E-state index contributed by atoms with van der Waals surface area (Å²) in [5.74, 6) is 0.858. The van der Waals surface area contributed by atoms with Gasteiger partial charge < -0.3 is 4.74 Å². The number of fused-ring (bicyclic) bond motifs is 1. The number of rotatable bonds is 5. The Bertz CT molecular complexity index is 1390. The number of sulfonamides is 1. The molecule has 0 radical (unpaired) electrons. The maximum absolute atomic E-state index is 13.0. The Morgan fingerprint density at radius 3 is 2.41 bits per heavy atom. The fraction of sp³-hybridized carbons (Fsp3) is 0.217. The van der Waals surface area contributed by atoms with Crippen molar-refractivity contribution in [2.24, 2.45) is 0 Å². The number of benzene rings is 1. The Morgan fingerprint density at radius 2 is 1.75 bits per heavy atom. The molecule has 1 N–H and O–H groups in total. The van der Waals surface area contributed by atoms with Crippen molar-refractivity contribution in [2.75, 3.05) is 11.8 Å². The quantitative estimate of drug-likeness (QED) is 0.435. The van der Waals surface area contributed by atoms with Crippen LogP contribution in [0.1, 0.15) is 26.3 Å². The second-order valence-corrected chi connectivity index (χ2v) is 10.5. The van der Waals surface area contributed by atoms with Crippen LogP contribution in [0.15, 0.2) is 65.8 Å². The molecule has 0 aliphatic carbocycles. The van der Waals surface area contributed by atoms with E-state index in [1.807, 2.05) is 12.1 Å². The van der Waals surface area contributed by atoms with Crippen LogP contribution in [0, 0.1) is 0 Å². The van der Waals surface area contributed by atoms with Crippen LogP contribution in [0.4, 0.5) is 5.82 Å². The second-order valence-electron chi connectivity index (χ2n) is 8.39. The Balaban J connectivity index is 1.73. The molecule has 0 amide bonds. The van der Waals surface area contributed by atoms with E-state index in [1.165, 1.54) is 4.52 Å². The number of aromatic nitrogens is 3. The third-order valence-corrected chi connectivity index (χ3v) is 6.77. The highest BCUT2D eigenvalue weighted by atomic mass is 35.5. The van der Waals surface area contributed by atoms with E-state index in [2.05, 4.69) is 35.6 Å². The molecule has 9 heteroatoms. The molecule has 0 spiro atoms. The number of ether oxygens (including phenoxy) is 1. The standard InChI is InChI=1S/C23H23ClN4O3S/c1-23(2,3)16-5-7-18(8-6-16)32(29,30)27-22-10-9-19(24)21-12-20(26-28(21)22)15-11-17(31-4)14-25-13-15/h5-14,27H,1-4H3. The molecule has 3 heterocycles. The van der Waals surface area contributed by atoms with Gasteiger partial charge in [-0.25, -0.2) is 12.9 Å². The van der Waals surface area contributed by atoms with Gasteiger partial charge >= 0.3 is 0 Å². The highest BCUT2D eigenvalue weighted by Crippen LogP contribution is 2.29. The molecule has 0 fully saturated rings. The predicted octanol–water partition coefficient (Wildman–Crippen LogP) is 5.16. The molecule has 4 aromatic rings. The van der Waals surface area contributed by atoms with Crippen molar-refractivity contribution in [3.8, 4) is 17.0 Å². The minimum absolute atomic E-state index is 0.0709. The minimum atomic E-state index is -3.83. The van der Waals surface area contributed by atoms with E-state index in [0.717, 1.165) is 11.1 Å². The third-order valence-electron chi connectivity index (χ3n) is 5.08. The topological polar surface area (TPSA) is 85.6 Å². The van der Waals surface area contributed by atoms with E-state index in [-0.39, 0.29) is 16.1 Å². The van der Waals surface area contributed by atoms with Crippen molar-refractivity contribution in [1.82, 2.24) is 14.6 Å². The number of pyridine rings is 2. The fourth-order valence-electron chi connectivity index (χ4n) is 3.26. The van der Waals surface area contributed by atoms with Crippen LogP contribution < -0.4 is 9.46 Å². The molecule has 0 saturated carbocycles. The summed E-state index contributed by atoms with van der Waals surface area (Å²) in [7, 11) is -2.27. The van der Waals surface area contributed by atoms with Crippen LogP contribution in [0.25, 0.3) is 16.8 Å². The number of hydrogen-bond acceptors (Lipinski definition) is 5. The highest BCUT2D eigenvalue weighted by molar-refractivity contribution is 7.92. The summed E-state index contributed by atoms with van der Waals surface area (Å²) in [6, 6.07) is 13.6. The molecule has 0 atom stereocenters. The first kappa shape index (κ1) is 22.1. The van der Waals surface area contributed by atoms with E-state index >= 15 is 0 Å². The van der Waals surface area contributed by atoms with Crippen LogP contribution in [0.2, 0.25) is 5.02 Å². The first-order valence-corrected chi connectivity index (χ1v) is 11.8. The van der Waals surface area contributed by atoms with Gasteiger partial charge in [-0.2, -0.15) is 5.10 Å². The van der Waals surface area contributed by atoms with E-state index in [1.54, 1.807) is 55.9 Å². The largest absolute Gasteiger partial charge is 0.495 e. The lowest BCUT2D eigenvalue weighted by atomic mass is 9.87. The van der Waals surface area contributed by atoms with E-state index in [0.29, 0.717) is 22.0 Å². The van der Waals surface area contributed by atoms with Gasteiger partial charge in [0, 0.05) is 11.8 Å². The Labute approximate surface area is 192 Å². The van der Waals surface area contributed by atoms with Crippen LogP contribution in [0.5, 0.6) is 5.75 Å². The Hall–Kier alpha value is -3.10. The summed E-state index contributed by atoms with van der Waals surface area (Å²) < 4.78 is 35.4. The Kier molecular flexibility index (Phi) is 5.60. The van der Waals surface area contributed by atoms with Crippen molar-refractivity contribution in [3.63, 3.8) is 0 Å². The van der Waals surface area contributed by atoms with Gasteiger partial charge in [-0.3, -0.25) is 9.71 Å². The van der Waals surface area contributed by atoms with Crippen LogP contribution in [-0.2, 0) is 15.4 Å². The lowest BCUT2D eigenvalue weighted by Crippen LogP contribution is -2.16. The number of hydrogen-bond donors (Lipinski definition) is 1. The van der Waals surface area contributed by atoms with Crippen molar-refractivity contribution < 1.29 is 13.2 Å². The SMILES string of the molecule is COc1cncc(-c2cc3c(Cl)ccc(NS(=O)(=O)c4ccc(C(C)(C)C)cc4)n3n2)c1. The van der Waals surface area contributed by atoms with Gasteiger partial charge in [-0.1, -0.05) is 44.5 Å². The van der Waals surface area contributed by atoms with Gasteiger partial charge in [0.05, 0.1) is 34.4 Å². The van der Waals surface area contributed by atoms with Gasteiger partial charge in [0.1, 0.15) is 11.6 Å². The van der Waals surface area contributed by atoms with Gasteiger partial charge in [0.15, 0.2) is 0 Å². The monoisotopic (exact) mass is 470 g/mol. The summed E-state index contributed by atoms with van der Waals surface area (Å²) in [5, 5.41) is 4.99. The van der Waals surface area contributed by atoms with Crippen LogP contribution in [0.3, 0.4) is 0 Å². The van der Waals surface area contributed by atoms with Gasteiger partial charge in [0.2, 0.25) is 0 Å². The first-order valence-electron chi connectivity index (χ1n) is 9.89. The number of halogens is 1. The fourth-order valence-corrected chi connectivity index (χ4v) is 4.50. The summed E-state index contributed by atoms with van der Waals surface area (Å²) in [5.41, 5.74) is 2.84. The lowest BCUT2D eigenvalue weighted by Gasteiger charge is -2.19. The molecule has 32 heavy (non-hydrogen) atoms. The van der Waals surface area contributed by atoms with Crippen molar-refractivity contribution >= 4 is 33.0 Å². The molecule has 0 aliphatic heterocycles. The molecule has 0 bridgehead atoms. The summed E-state index contributed by atoms with van der Waals surface area (Å²) in [6.45, 7) is 6.23. The predicted molar refractivity (Wildman–Crippen MR) is 126 cm³/mol. The van der Waals surface area contributed by atoms with Crippen molar-refractivity contribution in [1.29, 1.82) is 0 Å². The first-order chi connectivity index (χ1) is 15.1. The molecule has 0 saturated heterocycles. The summed E-state index contributed by atoms with van der Waals surface area (Å²) in [6.07, 6.45) is 3.25. The van der Waals surface area contributed by atoms with Gasteiger partial charge in [-0.05, 0) is 47.4 Å². The zero-order valence-corrected chi connectivity index (χ0v) is 19.7. The second kappa shape index (κ2) is 8.11. The van der Waals surface area contributed by atoms with E-state index < -0.39 is 10.0 Å². The number of anilines is 1. The summed E-state index contributed by atoms with van der Waals surface area (Å²) >= 11 is 6.36. The average molecular weight is 471 g/mol. The Morgan fingerprint density at radius 1 is 1.03 bits per heavy atom. The zero-order chi connectivity index (χ0) is 23.1. The maximum Gasteiger partial charge on any atom is 0.263 e.